The molecule has 0 spiro atoms. The fourth-order valence-corrected chi connectivity index (χ4v) is 1.99. The smallest absolute Gasteiger partial charge is 0.251 e. The summed E-state index contributed by atoms with van der Waals surface area (Å²) in [6.45, 7) is 0. The number of carbonyl (C=O) groups is 1. The standard InChI is InChI=1S/C11H14N2O3S/c1-17(15,16)13-10-4-2-3-8(7-10)11(14)12-9-5-6-9/h2-4,7,9,13H,5-6H2,1H3,(H,12,14). The molecule has 1 saturated carbocycles. The molecule has 6 heteroatoms. The Morgan fingerprint density at radius 1 is 1.35 bits per heavy atom. The zero-order valence-electron chi connectivity index (χ0n) is 9.43. The van der Waals surface area contributed by atoms with Crippen LogP contribution in [0.5, 0.6) is 0 Å². The van der Waals surface area contributed by atoms with E-state index < -0.39 is 10.0 Å². The van der Waals surface area contributed by atoms with Crippen molar-refractivity contribution in [1.82, 2.24) is 5.32 Å². The first-order valence-electron chi connectivity index (χ1n) is 5.33. The summed E-state index contributed by atoms with van der Waals surface area (Å²) in [6, 6.07) is 6.72. The van der Waals surface area contributed by atoms with Crippen molar-refractivity contribution in [2.75, 3.05) is 11.0 Å². The Kier molecular flexibility index (Phi) is 3.06. The first-order valence-corrected chi connectivity index (χ1v) is 7.22. The number of hydrogen-bond acceptors (Lipinski definition) is 3. The lowest BCUT2D eigenvalue weighted by atomic mass is 10.2. The van der Waals surface area contributed by atoms with Crippen molar-refractivity contribution in [2.24, 2.45) is 0 Å². The van der Waals surface area contributed by atoms with Crippen LogP contribution >= 0.6 is 0 Å². The molecule has 2 N–H and O–H groups in total. The van der Waals surface area contributed by atoms with Gasteiger partial charge in [-0.2, -0.15) is 0 Å². The average molecular weight is 254 g/mol. The highest BCUT2D eigenvalue weighted by molar-refractivity contribution is 7.92. The third-order valence-electron chi connectivity index (χ3n) is 2.34. The maximum atomic E-state index is 11.7. The van der Waals surface area contributed by atoms with Crippen molar-refractivity contribution in [3.8, 4) is 0 Å². The third kappa shape index (κ3) is 3.74. The van der Waals surface area contributed by atoms with Gasteiger partial charge in [-0.15, -0.1) is 0 Å². The predicted molar refractivity (Wildman–Crippen MR) is 65.4 cm³/mol. The molecule has 1 aliphatic rings. The van der Waals surface area contributed by atoms with Crippen LogP contribution in [0.1, 0.15) is 23.2 Å². The molecule has 0 heterocycles. The highest BCUT2D eigenvalue weighted by atomic mass is 32.2. The Morgan fingerprint density at radius 3 is 2.65 bits per heavy atom. The molecule has 0 atom stereocenters. The van der Waals surface area contributed by atoms with E-state index in [0.717, 1.165) is 19.1 Å². The first-order chi connectivity index (χ1) is 7.94. The third-order valence-corrected chi connectivity index (χ3v) is 2.95. The van der Waals surface area contributed by atoms with E-state index in [9.17, 15) is 13.2 Å². The number of amides is 1. The summed E-state index contributed by atoms with van der Waals surface area (Å²) < 4.78 is 24.5. The quantitative estimate of drug-likeness (QED) is 0.840. The average Bonchev–Trinajstić information content (AvgIpc) is 2.99. The zero-order chi connectivity index (χ0) is 12.5. The molecule has 0 aliphatic heterocycles. The van der Waals surface area contributed by atoms with Gasteiger partial charge in [-0.1, -0.05) is 6.07 Å². The van der Waals surface area contributed by atoms with E-state index in [2.05, 4.69) is 10.0 Å². The molecule has 1 aliphatic carbocycles. The van der Waals surface area contributed by atoms with Crippen LogP contribution in [0.15, 0.2) is 24.3 Å². The maximum absolute atomic E-state index is 11.7. The summed E-state index contributed by atoms with van der Waals surface area (Å²) >= 11 is 0. The molecule has 92 valence electrons. The molecule has 1 amide bonds. The van der Waals surface area contributed by atoms with E-state index in [-0.39, 0.29) is 11.9 Å². The van der Waals surface area contributed by atoms with Crippen LogP contribution in [-0.4, -0.2) is 26.6 Å². The molecule has 1 aromatic rings. The first kappa shape index (κ1) is 11.9. The van der Waals surface area contributed by atoms with Gasteiger partial charge in [-0.25, -0.2) is 8.42 Å². The summed E-state index contributed by atoms with van der Waals surface area (Å²) in [7, 11) is -3.31. The Hall–Kier alpha value is -1.56. The van der Waals surface area contributed by atoms with Crippen LogP contribution < -0.4 is 10.0 Å². The van der Waals surface area contributed by atoms with Gasteiger partial charge in [0.05, 0.1) is 6.26 Å². The topological polar surface area (TPSA) is 75.3 Å². The van der Waals surface area contributed by atoms with Crippen molar-refractivity contribution < 1.29 is 13.2 Å². The lowest BCUT2D eigenvalue weighted by Gasteiger charge is -2.07. The van der Waals surface area contributed by atoms with E-state index in [4.69, 9.17) is 0 Å². The van der Waals surface area contributed by atoms with Crippen LogP contribution in [0.3, 0.4) is 0 Å². The number of anilines is 1. The molecule has 1 aromatic carbocycles. The number of rotatable bonds is 4. The lowest BCUT2D eigenvalue weighted by Crippen LogP contribution is -2.25. The molecule has 0 saturated heterocycles. The molecule has 0 aromatic heterocycles. The molecule has 0 unspecified atom stereocenters. The highest BCUT2D eigenvalue weighted by Gasteiger charge is 2.23. The van der Waals surface area contributed by atoms with Crippen molar-refractivity contribution in [3.05, 3.63) is 29.8 Å². The van der Waals surface area contributed by atoms with Crippen molar-refractivity contribution >= 4 is 21.6 Å². The second-order valence-electron chi connectivity index (χ2n) is 4.20. The number of sulfonamides is 1. The van der Waals surface area contributed by atoms with Crippen LogP contribution in [0.4, 0.5) is 5.69 Å². The fraction of sp³-hybridized carbons (Fsp3) is 0.364. The molecule has 0 radical (unpaired) electrons. The molecule has 1 fully saturated rings. The van der Waals surface area contributed by atoms with Crippen molar-refractivity contribution in [2.45, 2.75) is 18.9 Å². The summed E-state index contributed by atoms with van der Waals surface area (Å²) in [4.78, 5) is 11.7. The van der Waals surface area contributed by atoms with Gasteiger partial charge in [0.2, 0.25) is 10.0 Å². The van der Waals surface area contributed by atoms with Gasteiger partial charge in [-0.05, 0) is 31.0 Å². The van der Waals surface area contributed by atoms with Gasteiger partial charge in [-0.3, -0.25) is 9.52 Å². The van der Waals surface area contributed by atoms with E-state index in [1.807, 2.05) is 0 Å². The molecule has 5 nitrogen and oxygen atoms in total. The van der Waals surface area contributed by atoms with Gasteiger partial charge in [0.15, 0.2) is 0 Å². The second kappa shape index (κ2) is 4.37. The maximum Gasteiger partial charge on any atom is 0.251 e. The number of nitrogens with one attached hydrogen (secondary N) is 2. The normalized spacial score (nSPS) is 15.4. The minimum absolute atomic E-state index is 0.162. The fourth-order valence-electron chi connectivity index (χ4n) is 1.43. The van der Waals surface area contributed by atoms with E-state index in [0.29, 0.717) is 11.3 Å². The van der Waals surface area contributed by atoms with E-state index >= 15 is 0 Å². The van der Waals surface area contributed by atoms with Gasteiger partial charge in [0.25, 0.3) is 5.91 Å². The summed E-state index contributed by atoms with van der Waals surface area (Å²) in [5.74, 6) is -0.162. The highest BCUT2D eigenvalue weighted by Crippen LogP contribution is 2.20. The summed E-state index contributed by atoms with van der Waals surface area (Å²) in [5.41, 5.74) is 0.862. The van der Waals surface area contributed by atoms with Crippen LogP contribution in [0.2, 0.25) is 0 Å². The van der Waals surface area contributed by atoms with Gasteiger partial charge in [0.1, 0.15) is 0 Å². The van der Waals surface area contributed by atoms with Crippen LogP contribution in [0.25, 0.3) is 0 Å². The van der Waals surface area contributed by atoms with Gasteiger partial charge >= 0.3 is 0 Å². The Morgan fingerprint density at radius 2 is 2.06 bits per heavy atom. The number of benzene rings is 1. The second-order valence-corrected chi connectivity index (χ2v) is 5.95. The van der Waals surface area contributed by atoms with Crippen LogP contribution in [0, 0.1) is 0 Å². The monoisotopic (exact) mass is 254 g/mol. The van der Waals surface area contributed by atoms with E-state index in [1.54, 1.807) is 18.2 Å². The molecule has 0 bridgehead atoms. The van der Waals surface area contributed by atoms with Gasteiger partial charge in [0, 0.05) is 17.3 Å². The SMILES string of the molecule is CS(=O)(=O)Nc1cccc(C(=O)NC2CC2)c1. The largest absolute Gasteiger partial charge is 0.349 e. The molecule has 17 heavy (non-hydrogen) atoms. The van der Waals surface area contributed by atoms with Crippen LogP contribution in [-0.2, 0) is 10.0 Å². The minimum atomic E-state index is -3.31. The summed E-state index contributed by atoms with van der Waals surface area (Å²) in [6.07, 6.45) is 3.12. The number of carbonyl (C=O) groups excluding carboxylic acids is 1. The molecular formula is C11H14N2O3S. The van der Waals surface area contributed by atoms with Gasteiger partial charge < -0.3 is 5.32 Å². The predicted octanol–water partition coefficient (Wildman–Crippen LogP) is 0.950. The Bertz CT molecular complexity index is 535. The zero-order valence-corrected chi connectivity index (χ0v) is 10.3. The lowest BCUT2D eigenvalue weighted by molar-refractivity contribution is 0.0951. The summed E-state index contributed by atoms with van der Waals surface area (Å²) in [5, 5.41) is 2.84. The van der Waals surface area contributed by atoms with Crippen molar-refractivity contribution in [3.63, 3.8) is 0 Å². The molecule has 2 rings (SSSR count). The number of hydrogen-bond donors (Lipinski definition) is 2. The Balaban J connectivity index is 2.12. The van der Waals surface area contributed by atoms with Crippen molar-refractivity contribution in [1.29, 1.82) is 0 Å². The Labute approximate surface area is 100 Å². The van der Waals surface area contributed by atoms with E-state index in [1.165, 1.54) is 6.07 Å². The molecular weight excluding hydrogens is 240 g/mol. The minimum Gasteiger partial charge on any atom is -0.349 e.